The molecule has 1 aromatic heterocycles. The first-order valence-electron chi connectivity index (χ1n) is 6.33. The second-order valence-corrected chi connectivity index (χ2v) is 4.29. The van der Waals surface area contributed by atoms with Crippen LogP contribution in [-0.4, -0.2) is 16.5 Å². The molecule has 19 heavy (non-hydrogen) atoms. The highest BCUT2D eigenvalue weighted by Gasteiger charge is 2.07. The highest BCUT2D eigenvalue weighted by Crippen LogP contribution is 2.14. The molecule has 0 amide bonds. The van der Waals surface area contributed by atoms with Crippen LogP contribution >= 0.6 is 0 Å². The lowest BCUT2D eigenvalue weighted by molar-refractivity contribution is 0.752. The smallest absolute Gasteiger partial charge is 0.147 e. The van der Waals surface area contributed by atoms with Crippen molar-refractivity contribution in [3.63, 3.8) is 0 Å². The van der Waals surface area contributed by atoms with Crippen molar-refractivity contribution in [2.45, 2.75) is 19.9 Å². The summed E-state index contributed by atoms with van der Waals surface area (Å²) in [6, 6.07) is 9.78. The van der Waals surface area contributed by atoms with E-state index in [4.69, 9.17) is 5.26 Å². The Morgan fingerprint density at radius 2 is 2.00 bits per heavy atom. The monoisotopic (exact) mass is 252 g/mol. The predicted octanol–water partition coefficient (Wildman–Crippen LogP) is 2.76. The van der Waals surface area contributed by atoms with Crippen LogP contribution in [0.2, 0.25) is 0 Å². The maximum absolute atomic E-state index is 8.79. The largest absolute Gasteiger partial charge is 0.351 e. The van der Waals surface area contributed by atoms with Gasteiger partial charge in [0.25, 0.3) is 0 Å². The fourth-order valence-electron chi connectivity index (χ4n) is 1.90. The van der Waals surface area contributed by atoms with Gasteiger partial charge in [-0.1, -0.05) is 19.1 Å². The van der Waals surface area contributed by atoms with Gasteiger partial charge in [0, 0.05) is 25.5 Å². The van der Waals surface area contributed by atoms with Gasteiger partial charge in [-0.25, -0.2) is 4.98 Å². The molecule has 0 aliphatic carbocycles. The number of anilines is 1. The Balaban J connectivity index is 2.14. The number of nitrogens with zero attached hydrogens (tertiary/aromatic N) is 4. The molecule has 0 saturated carbocycles. The van der Waals surface area contributed by atoms with Gasteiger partial charge in [-0.2, -0.15) is 5.26 Å². The highest BCUT2D eigenvalue weighted by molar-refractivity contribution is 5.38. The Hall–Kier alpha value is -2.41. The fourth-order valence-corrected chi connectivity index (χ4v) is 1.90. The van der Waals surface area contributed by atoms with Crippen LogP contribution in [0.25, 0.3) is 0 Å². The summed E-state index contributed by atoms with van der Waals surface area (Å²) in [5, 5.41) is 8.79. The molecule has 0 bridgehead atoms. The molecule has 4 nitrogen and oxygen atoms in total. The van der Waals surface area contributed by atoms with Crippen molar-refractivity contribution in [3.05, 3.63) is 54.0 Å². The third kappa shape index (κ3) is 3.52. The lowest BCUT2D eigenvalue weighted by Crippen LogP contribution is -2.24. The normalized spacial score (nSPS) is 9.89. The summed E-state index contributed by atoms with van der Waals surface area (Å²) in [6.07, 6.45) is 6.21. The van der Waals surface area contributed by atoms with E-state index in [2.05, 4.69) is 27.9 Å². The lowest BCUT2D eigenvalue weighted by Gasteiger charge is -2.22. The fraction of sp³-hybridized carbons (Fsp3) is 0.267. The molecule has 2 rings (SSSR count). The molecule has 1 aromatic carbocycles. The van der Waals surface area contributed by atoms with E-state index in [1.165, 1.54) is 0 Å². The van der Waals surface area contributed by atoms with Crippen LogP contribution in [0.4, 0.5) is 5.82 Å². The molecule has 0 unspecified atom stereocenters. The van der Waals surface area contributed by atoms with Gasteiger partial charge < -0.3 is 4.90 Å². The van der Waals surface area contributed by atoms with Crippen LogP contribution in [-0.2, 0) is 6.54 Å². The van der Waals surface area contributed by atoms with Gasteiger partial charge >= 0.3 is 0 Å². The number of aromatic nitrogens is 2. The molecule has 1 heterocycles. The summed E-state index contributed by atoms with van der Waals surface area (Å²) in [6.45, 7) is 3.85. The van der Waals surface area contributed by atoms with Crippen molar-refractivity contribution in [1.82, 2.24) is 9.97 Å². The molecular weight excluding hydrogens is 236 g/mol. The Morgan fingerprint density at radius 1 is 1.21 bits per heavy atom. The van der Waals surface area contributed by atoms with Crippen molar-refractivity contribution < 1.29 is 0 Å². The SMILES string of the molecule is CCCN(Cc1ccc(C#N)cc1)c1cnccn1. The van der Waals surface area contributed by atoms with Crippen molar-refractivity contribution in [3.8, 4) is 6.07 Å². The summed E-state index contributed by atoms with van der Waals surface area (Å²) in [5.74, 6) is 0.883. The molecule has 4 heteroatoms. The van der Waals surface area contributed by atoms with E-state index >= 15 is 0 Å². The minimum absolute atomic E-state index is 0.685. The second kappa shape index (κ2) is 6.50. The van der Waals surface area contributed by atoms with Crippen molar-refractivity contribution in [2.24, 2.45) is 0 Å². The molecule has 0 saturated heterocycles. The molecule has 2 aromatic rings. The average Bonchev–Trinajstić information content (AvgIpc) is 2.48. The highest BCUT2D eigenvalue weighted by atomic mass is 15.2. The molecule has 0 spiro atoms. The third-order valence-electron chi connectivity index (χ3n) is 2.82. The Morgan fingerprint density at radius 3 is 2.58 bits per heavy atom. The number of hydrogen-bond acceptors (Lipinski definition) is 4. The number of benzene rings is 1. The zero-order valence-corrected chi connectivity index (χ0v) is 11.0. The first-order valence-corrected chi connectivity index (χ1v) is 6.33. The van der Waals surface area contributed by atoms with Crippen LogP contribution in [0.3, 0.4) is 0 Å². The summed E-state index contributed by atoms with van der Waals surface area (Å²) in [4.78, 5) is 10.6. The molecule has 0 atom stereocenters. The van der Waals surface area contributed by atoms with Gasteiger partial charge in [-0.3, -0.25) is 4.98 Å². The molecule has 0 aliphatic heterocycles. The zero-order chi connectivity index (χ0) is 13.5. The first-order chi connectivity index (χ1) is 9.33. The molecule has 0 aliphatic rings. The van der Waals surface area contributed by atoms with Gasteiger partial charge in [0.15, 0.2) is 0 Å². The molecule has 96 valence electrons. The Kier molecular flexibility index (Phi) is 4.46. The van der Waals surface area contributed by atoms with Crippen LogP contribution in [0.5, 0.6) is 0 Å². The van der Waals surface area contributed by atoms with E-state index in [1.807, 2.05) is 24.3 Å². The minimum Gasteiger partial charge on any atom is -0.351 e. The van der Waals surface area contributed by atoms with Crippen molar-refractivity contribution in [2.75, 3.05) is 11.4 Å². The van der Waals surface area contributed by atoms with Crippen LogP contribution in [0.15, 0.2) is 42.9 Å². The van der Waals surface area contributed by atoms with E-state index in [0.717, 1.165) is 30.9 Å². The van der Waals surface area contributed by atoms with Gasteiger partial charge in [-0.15, -0.1) is 0 Å². The maximum atomic E-state index is 8.79. The van der Waals surface area contributed by atoms with Gasteiger partial charge in [-0.05, 0) is 24.1 Å². The summed E-state index contributed by atoms with van der Waals surface area (Å²) in [5.41, 5.74) is 1.85. The quantitative estimate of drug-likeness (QED) is 0.821. The number of hydrogen-bond donors (Lipinski definition) is 0. The zero-order valence-electron chi connectivity index (χ0n) is 11.0. The van der Waals surface area contributed by atoms with E-state index < -0.39 is 0 Å². The summed E-state index contributed by atoms with van der Waals surface area (Å²) >= 11 is 0. The predicted molar refractivity (Wildman–Crippen MR) is 74.5 cm³/mol. The standard InChI is InChI=1S/C15H16N4/c1-2-9-19(15-11-17-7-8-18-15)12-14-5-3-13(10-16)4-6-14/h3-8,11H,2,9,12H2,1H3. The van der Waals surface area contributed by atoms with Crippen LogP contribution in [0, 0.1) is 11.3 Å². The number of rotatable bonds is 5. The Labute approximate surface area is 113 Å². The van der Waals surface area contributed by atoms with Crippen LogP contribution in [0.1, 0.15) is 24.5 Å². The maximum Gasteiger partial charge on any atom is 0.147 e. The van der Waals surface area contributed by atoms with E-state index in [1.54, 1.807) is 18.6 Å². The van der Waals surface area contributed by atoms with E-state index in [9.17, 15) is 0 Å². The van der Waals surface area contributed by atoms with Gasteiger partial charge in [0.2, 0.25) is 0 Å². The third-order valence-corrected chi connectivity index (χ3v) is 2.82. The average molecular weight is 252 g/mol. The van der Waals surface area contributed by atoms with E-state index in [-0.39, 0.29) is 0 Å². The minimum atomic E-state index is 0.685. The Bertz CT molecular complexity index is 543. The lowest BCUT2D eigenvalue weighted by atomic mass is 10.1. The van der Waals surface area contributed by atoms with E-state index in [0.29, 0.717) is 5.56 Å². The van der Waals surface area contributed by atoms with Gasteiger partial charge in [0.1, 0.15) is 5.82 Å². The van der Waals surface area contributed by atoms with Gasteiger partial charge in [0.05, 0.1) is 17.8 Å². The number of nitriles is 1. The van der Waals surface area contributed by atoms with Crippen LogP contribution < -0.4 is 4.90 Å². The topological polar surface area (TPSA) is 52.8 Å². The summed E-state index contributed by atoms with van der Waals surface area (Å²) < 4.78 is 0. The molecule has 0 radical (unpaired) electrons. The van der Waals surface area contributed by atoms with Crippen molar-refractivity contribution in [1.29, 1.82) is 5.26 Å². The first kappa shape index (κ1) is 13.0. The summed E-state index contributed by atoms with van der Waals surface area (Å²) in [7, 11) is 0. The van der Waals surface area contributed by atoms with Crippen molar-refractivity contribution >= 4 is 5.82 Å². The second-order valence-electron chi connectivity index (χ2n) is 4.29. The molecule has 0 N–H and O–H groups in total. The molecular formula is C15H16N4. The molecule has 0 fully saturated rings.